The molecule has 0 saturated heterocycles. The van der Waals surface area contributed by atoms with E-state index < -0.39 is 0 Å². The normalized spacial score (nSPS) is 11.4. The van der Waals surface area contributed by atoms with Gasteiger partial charge in [-0.25, -0.2) is 10.4 Å². The standard InChI is InChI=1S/C20H17N5/c1-3-12-25-14(2)16(15-8-4-7-11-19(15)25)13-21-24-20-22-17-9-5-6-10-18(17)23-20/h1,4-11,13H,12H2,2H3,(H2,22,23,24)/b21-13+. The van der Waals surface area contributed by atoms with Crippen molar-refractivity contribution in [2.45, 2.75) is 13.5 Å². The van der Waals surface area contributed by atoms with Crippen molar-refractivity contribution in [2.75, 3.05) is 5.43 Å². The molecule has 0 unspecified atom stereocenters. The molecule has 4 rings (SSSR count). The highest BCUT2D eigenvalue weighted by Crippen LogP contribution is 2.24. The molecule has 5 heteroatoms. The summed E-state index contributed by atoms with van der Waals surface area (Å²) in [6, 6.07) is 16.1. The van der Waals surface area contributed by atoms with Gasteiger partial charge in [0.15, 0.2) is 0 Å². The van der Waals surface area contributed by atoms with Gasteiger partial charge in [0.25, 0.3) is 0 Å². The highest BCUT2D eigenvalue weighted by molar-refractivity contribution is 6.01. The van der Waals surface area contributed by atoms with Crippen LogP contribution in [0.5, 0.6) is 0 Å². The minimum Gasteiger partial charge on any atom is -0.333 e. The van der Waals surface area contributed by atoms with Crippen LogP contribution >= 0.6 is 0 Å². The fourth-order valence-corrected chi connectivity index (χ4v) is 3.08. The number of fused-ring (bicyclic) bond motifs is 2. The molecule has 4 aromatic rings. The Hall–Kier alpha value is -3.52. The van der Waals surface area contributed by atoms with Crippen LogP contribution in [-0.2, 0) is 6.54 Å². The molecule has 0 saturated carbocycles. The van der Waals surface area contributed by atoms with Gasteiger partial charge in [0, 0.05) is 22.2 Å². The van der Waals surface area contributed by atoms with E-state index in [0.29, 0.717) is 12.5 Å². The number of para-hydroxylation sites is 3. The molecular formula is C20H17N5. The molecule has 0 atom stereocenters. The highest BCUT2D eigenvalue weighted by atomic mass is 15.3. The molecule has 5 nitrogen and oxygen atoms in total. The first kappa shape index (κ1) is 15.0. The number of benzene rings is 2. The van der Waals surface area contributed by atoms with E-state index in [-0.39, 0.29) is 0 Å². The lowest BCUT2D eigenvalue weighted by atomic mass is 10.1. The lowest BCUT2D eigenvalue weighted by Gasteiger charge is -2.02. The molecule has 25 heavy (non-hydrogen) atoms. The Labute approximate surface area is 145 Å². The number of imidazole rings is 1. The Morgan fingerprint density at radius 1 is 1.24 bits per heavy atom. The van der Waals surface area contributed by atoms with Crippen molar-refractivity contribution in [3.05, 3.63) is 59.8 Å². The van der Waals surface area contributed by atoms with Crippen molar-refractivity contribution in [3.8, 4) is 12.3 Å². The number of nitrogens with zero attached hydrogens (tertiary/aromatic N) is 3. The quantitative estimate of drug-likeness (QED) is 0.339. The smallest absolute Gasteiger partial charge is 0.222 e. The average molecular weight is 327 g/mol. The average Bonchev–Trinajstić information content (AvgIpc) is 3.16. The second kappa shape index (κ2) is 6.17. The molecule has 0 aliphatic heterocycles. The van der Waals surface area contributed by atoms with Crippen LogP contribution < -0.4 is 5.43 Å². The third-order valence-electron chi connectivity index (χ3n) is 4.28. The Balaban J connectivity index is 1.67. The van der Waals surface area contributed by atoms with Gasteiger partial charge in [0.05, 0.1) is 23.8 Å². The monoisotopic (exact) mass is 327 g/mol. The predicted octanol–water partition coefficient (Wildman–Crippen LogP) is 3.91. The summed E-state index contributed by atoms with van der Waals surface area (Å²) >= 11 is 0. The van der Waals surface area contributed by atoms with Gasteiger partial charge in [-0.3, -0.25) is 0 Å². The van der Waals surface area contributed by atoms with Crippen LogP contribution in [0.25, 0.3) is 21.9 Å². The largest absolute Gasteiger partial charge is 0.333 e. The zero-order valence-corrected chi connectivity index (χ0v) is 13.8. The molecule has 0 aliphatic rings. The minimum absolute atomic E-state index is 0.539. The Kier molecular flexibility index (Phi) is 3.71. The maximum atomic E-state index is 5.51. The molecule has 2 N–H and O–H groups in total. The SMILES string of the molecule is C#CCn1c(C)c(/C=N/Nc2nc3ccccc3[nH]2)c2ccccc21. The summed E-state index contributed by atoms with van der Waals surface area (Å²) in [4.78, 5) is 7.64. The number of hydrogen-bond donors (Lipinski definition) is 2. The number of hydrogen-bond acceptors (Lipinski definition) is 3. The van der Waals surface area contributed by atoms with Crippen LogP contribution in [-0.4, -0.2) is 20.7 Å². The van der Waals surface area contributed by atoms with Crippen molar-refractivity contribution in [3.63, 3.8) is 0 Å². The summed E-state index contributed by atoms with van der Waals surface area (Å²) in [5, 5.41) is 5.49. The molecule has 0 aliphatic carbocycles. The van der Waals surface area contributed by atoms with E-state index in [2.05, 4.69) is 50.0 Å². The number of anilines is 1. The molecule has 0 amide bonds. The van der Waals surface area contributed by atoms with Gasteiger partial charge in [0.2, 0.25) is 5.95 Å². The van der Waals surface area contributed by atoms with Crippen LogP contribution in [0.2, 0.25) is 0 Å². The first-order valence-corrected chi connectivity index (χ1v) is 8.03. The zero-order valence-electron chi connectivity index (χ0n) is 13.8. The van der Waals surface area contributed by atoms with Crippen LogP contribution in [0.15, 0.2) is 53.6 Å². The third-order valence-corrected chi connectivity index (χ3v) is 4.28. The molecule has 2 aromatic carbocycles. The summed E-state index contributed by atoms with van der Waals surface area (Å²) in [5.74, 6) is 3.33. The number of aromatic nitrogens is 3. The van der Waals surface area contributed by atoms with E-state index in [9.17, 15) is 0 Å². The van der Waals surface area contributed by atoms with Crippen LogP contribution in [0.3, 0.4) is 0 Å². The maximum absolute atomic E-state index is 5.51. The van der Waals surface area contributed by atoms with Crippen LogP contribution in [0.1, 0.15) is 11.3 Å². The zero-order chi connectivity index (χ0) is 17.2. The Morgan fingerprint density at radius 3 is 2.88 bits per heavy atom. The number of hydrazone groups is 1. The minimum atomic E-state index is 0.539. The summed E-state index contributed by atoms with van der Waals surface area (Å²) in [6.07, 6.45) is 7.33. The van der Waals surface area contributed by atoms with Gasteiger partial charge in [-0.2, -0.15) is 5.10 Å². The topological polar surface area (TPSA) is 58.0 Å². The first-order valence-electron chi connectivity index (χ1n) is 8.03. The molecular weight excluding hydrogens is 310 g/mol. The lowest BCUT2D eigenvalue weighted by Crippen LogP contribution is -1.99. The summed E-state index contributed by atoms with van der Waals surface area (Å²) in [6.45, 7) is 2.59. The van der Waals surface area contributed by atoms with E-state index in [1.165, 1.54) is 0 Å². The predicted molar refractivity (Wildman–Crippen MR) is 103 cm³/mol. The van der Waals surface area contributed by atoms with Gasteiger partial charge in [-0.1, -0.05) is 36.3 Å². The van der Waals surface area contributed by atoms with E-state index >= 15 is 0 Å². The number of terminal acetylenes is 1. The fourth-order valence-electron chi connectivity index (χ4n) is 3.08. The van der Waals surface area contributed by atoms with Crippen LogP contribution in [0, 0.1) is 19.3 Å². The molecule has 0 spiro atoms. The molecule has 2 heterocycles. The van der Waals surface area contributed by atoms with Gasteiger partial charge >= 0.3 is 0 Å². The van der Waals surface area contributed by atoms with E-state index in [0.717, 1.165) is 33.2 Å². The third kappa shape index (κ3) is 2.64. The molecule has 0 fully saturated rings. The molecule has 0 radical (unpaired) electrons. The van der Waals surface area contributed by atoms with Gasteiger partial charge in [-0.15, -0.1) is 6.42 Å². The van der Waals surface area contributed by atoms with Crippen molar-refractivity contribution >= 4 is 34.1 Å². The Morgan fingerprint density at radius 2 is 2.04 bits per heavy atom. The van der Waals surface area contributed by atoms with Gasteiger partial charge < -0.3 is 9.55 Å². The molecule has 122 valence electrons. The number of H-pyrrole nitrogens is 1. The Bertz CT molecular complexity index is 1090. The second-order valence-corrected chi connectivity index (χ2v) is 5.78. The second-order valence-electron chi connectivity index (χ2n) is 5.78. The number of aromatic amines is 1. The van der Waals surface area contributed by atoms with E-state index in [4.69, 9.17) is 6.42 Å². The van der Waals surface area contributed by atoms with Crippen LogP contribution in [0.4, 0.5) is 5.95 Å². The number of nitrogens with one attached hydrogen (secondary N) is 2. The molecule has 2 aromatic heterocycles. The first-order chi connectivity index (χ1) is 12.3. The molecule has 0 bridgehead atoms. The fraction of sp³-hybridized carbons (Fsp3) is 0.100. The van der Waals surface area contributed by atoms with Gasteiger partial charge in [-0.05, 0) is 25.1 Å². The van der Waals surface area contributed by atoms with Gasteiger partial charge in [0.1, 0.15) is 0 Å². The van der Waals surface area contributed by atoms with Crippen molar-refractivity contribution in [2.24, 2.45) is 5.10 Å². The summed E-state index contributed by atoms with van der Waals surface area (Å²) < 4.78 is 2.12. The summed E-state index contributed by atoms with van der Waals surface area (Å²) in [7, 11) is 0. The van der Waals surface area contributed by atoms with Crippen molar-refractivity contribution in [1.29, 1.82) is 0 Å². The lowest BCUT2D eigenvalue weighted by molar-refractivity contribution is 0.846. The number of rotatable bonds is 4. The van der Waals surface area contributed by atoms with Crippen molar-refractivity contribution < 1.29 is 0 Å². The highest BCUT2D eigenvalue weighted by Gasteiger charge is 2.11. The summed E-state index contributed by atoms with van der Waals surface area (Å²) in [5.41, 5.74) is 8.10. The van der Waals surface area contributed by atoms with E-state index in [1.54, 1.807) is 0 Å². The maximum Gasteiger partial charge on any atom is 0.222 e. The van der Waals surface area contributed by atoms with E-state index in [1.807, 2.05) is 42.6 Å². The van der Waals surface area contributed by atoms with Crippen molar-refractivity contribution in [1.82, 2.24) is 14.5 Å².